The molecule has 0 radical (unpaired) electrons. The highest BCUT2D eigenvalue weighted by atomic mass is 16.5. The van der Waals surface area contributed by atoms with Crippen LogP contribution in [0.5, 0.6) is 11.5 Å². The normalized spacial score (nSPS) is 15.7. The van der Waals surface area contributed by atoms with Crippen LogP contribution in [-0.4, -0.2) is 32.1 Å². The molecule has 0 aromatic heterocycles. The molecule has 0 atom stereocenters. The molecule has 2 aromatic rings. The van der Waals surface area contributed by atoms with Crippen LogP contribution in [0.15, 0.2) is 48.0 Å². The fourth-order valence-corrected chi connectivity index (χ4v) is 2.87. The number of carbonyl (C=O) groups excluding carboxylic acids is 3. The van der Waals surface area contributed by atoms with Crippen LogP contribution in [0.3, 0.4) is 0 Å². The van der Waals surface area contributed by atoms with Gasteiger partial charge < -0.3 is 9.47 Å². The molecule has 1 fully saturated rings. The first-order valence-electron chi connectivity index (χ1n) is 8.16. The van der Waals surface area contributed by atoms with Crippen molar-refractivity contribution in [2.75, 3.05) is 19.1 Å². The van der Waals surface area contributed by atoms with Gasteiger partial charge in [-0.2, -0.15) is 0 Å². The molecule has 1 heterocycles. The molecule has 138 valence electrons. The lowest BCUT2D eigenvalue weighted by Gasteiger charge is -2.27. The standard InChI is InChI=1S/C20H18N2O5/c1-12-7-4-5-9-15(12)22-19(24)14(18(23)21-20(22)25)11-13-8-6-10-16(26-2)17(13)27-3/h4-11H,1-3H3,(H,21,23,25). The van der Waals surface area contributed by atoms with Crippen molar-refractivity contribution in [2.24, 2.45) is 0 Å². The molecule has 1 saturated heterocycles. The largest absolute Gasteiger partial charge is 0.493 e. The molecule has 0 bridgehead atoms. The highest BCUT2D eigenvalue weighted by Gasteiger charge is 2.37. The molecule has 0 aliphatic carbocycles. The Morgan fingerprint density at radius 2 is 1.70 bits per heavy atom. The number of carbonyl (C=O) groups is 3. The number of urea groups is 1. The molecule has 1 N–H and O–H groups in total. The molecule has 27 heavy (non-hydrogen) atoms. The summed E-state index contributed by atoms with van der Waals surface area (Å²) >= 11 is 0. The van der Waals surface area contributed by atoms with E-state index in [0.29, 0.717) is 22.7 Å². The van der Waals surface area contributed by atoms with Crippen LogP contribution in [0, 0.1) is 6.92 Å². The van der Waals surface area contributed by atoms with Crippen molar-refractivity contribution < 1.29 is 23.9 Å². The van der Waals surface area contributed by atoms with Crippen LogP contribution >= 0.6 is 0 Å². The van der Waals surface area contributed by atoms with E-state index in [2.05, 4.69) is 5.32 Å². The Labute approximate surface area is 156 Å². The Bertz CT molecular complexity index is 965. The molecule has 0 unspecified atom stereocenters. The van der Waals surface area contributed by atoms with E-state index in [0.717, 1.165) is 10.5 Å². The zero-order valence-electron chi connectivity index (χ0n) is 15.1. The SMILES string of the molecule is COc1cccc(C=C2C(=O)NC(=O)N(c3ccccc3C)C2=O)c1OC. The van der Waals surface area contributed by atoms with Crippen molar-refractivity contribution in [3.63, 3.8) is 0 Å². The minimum Gasteiger partial charge on any atom is -0.493 e. The van der Waals surface area contributed by atoms with Crippen LogP contribution in [0.1, 0.15) is 11.1 Å². The fraction of sp³-hybridized carbons (Fsp3) is 0.150. The Hall–Kier alpha value is -3.61. The van der Waals surface area contributed by atoms with E-state index in [4.69, 9.17) is 9.47 Å². The Morgan fingerprint density at radius 1 is 0.963 bits per heavy atom. The number of methoxy groups -OCH3 is 2. The van der Waals surface area contributed by atoms with Crippen molar-refractivity contribution in [1.82, 2.24) is 5.32 Å². The summed E-state index contributed by atoms with van der Waals surface area (Å²) in [7, 11) is 2.96. The number of imide groups is 2. The zero-order chi connectivity index (χ0) is 19.6. The van der Waals surface area contributed by atoms with Crippen LogP contribution in [-0.2, 0) is 9.59 Å². The summed E-state index contributed by atoms with van der Waals surface area (Å²) < 4.78 is 10.6. The van der Waals surface area contributed by atoms with E-state index in [1.807, 2.05) is 0 Å². The van der Waals surface area contributed by atoms with E-state index in [9.17, 15) is 14.4 Å². The summed E-state index contributed by atoms with van der Waals surface area (Å²) in [6.07, 6.45) is 1.39. The van der Waals surface area contributed by atoms with E-state index < -0.39 is 17.8 Å². The minimum atomic E-state index is -0.783. The zero-order valence-corrected chi connectivity index (χ0v) is 15.1. The first kappa shape index (κ1) is 18.2. The van der Waals surface area contributed by atoms with Crippen LogP contribution in [0.2, 0.25) is 0 Å². The average Bonchev–Trinajstić information content (AvgIpc) is 2.66. The van der Waals surface area contributed by atoms with Gasteiger partial charge >= 0.3 is 6.03 Å². The van der Waals surface area contributed by atoms with Gasteiger partial charge in [0, 0.05) is 5.56 Å². The summed E-state index contributed by atoms with van der Waals surface area (Å²) in [6, 6.07) is 11.3. The maximum atomic E-state index is 13.0. The lowest BCUT2D eigenvalue weighted by molar-refractivity contribution is -0.122. The number of anilines is 1. The quantitative estimate of drug-likeness (QED) is 0.664. The molecule has 7 nitrogen and oxygen atoms in total. The maximum Gasteiger partial charge on any atom is 0.335 e. The molecular weight excluding hydrogens is 348 g/mol. The van der Waals surface area contributed by atoms with Gasteiger partial charge in [-0.1, -0.05) is 30.3 Å². The smallest absolute Gasteiger partial charge is 0.335 e. The van der Waals surface area contributed by atoms with Crippen molar-refractivity contribution in [2.45, 2.75) is 6.92 Å². The second-order valence-electron chi connectivity index (χ2n) is 5.83. The number of benzene rings is 2. The number of barbiturate groups is 1. The molecule has 1 aliphatic rings. The van der Waals surface area contributed by atoms with Gasteiger partial charge in [-0.25, -0.2) is 9.69 Å². The van der Waals surface area contributed by atoms with Crippen molar-refractivity contribution in [3.8, 4) is 11.5 Å². The second-order valence-corrected chi connectivity index (χ2v) is 5.83. The number of hydrogen-bond donors (Lipinski definition) is 1. The van der Waals surface area contributed by atoms with Gasteiger partial charge in [-0.05, 0) is 30.7 Å². The van der Waals surface area contributed by atoms with Gasteiger partial charge in [0.2, 0.25) is 0 Å². The van der Waals surface area contributed by atoms with Crippen molar-refractivity contribution in [1.29, 1.82) is 0 Å². The third-order valence-electron chi connectivity index (χ3n) is 4.19. The summed E-state index contributed by atoms with van der Waals surface area (Å²) in [5.74, 6) is -0.627. The van der Waals surface area contributed by atoms with Gasteiger partial charge in [-0.3, -0.25) is 14.9 Å². The number of para-hydroxylation sites is 2. The predicted molar refractivity (Wildman–Crippen MR) is 99.7 cm³/mol. The fourth-order valence-electron chi connectivity index (χ4n) is 2.87. The Kier molecular flexibility index (Phi) is 4.94. The van der Waals surface area contributed by atoms with E-state index >= 15 is 0 Å². The highest BCUT2D eigenvalue weighted by Crippen LogP contribution is 2.33. The van der Waals surface area contributed by atoms with Crippen LogP contribution in [0.4, 0.5) is 10.5 Å². The molecule has 1 aliphatic heterocycles. The number of ether oxygens (including phenoxy) is 2. The number of hydrogen-bond acceptors (Lipinski definition) is 5. The number of nitrogens with one attached hydrogen (secondary N) is 1. The van der Waals surface area contributed by atoms with Gasteiger partial charge in [0.15, 0.2) is 11.5 Å². The summed E-state index contributed by atoms with van der Waals surface area (Å²) in [6.45, 7) is 1.78. The Balaban J connectivity index is 2.09. The highest BCUT2D eigenvalue weighted by molar-refractivity contribution is 6.39. The van der Waals surface area contributed by atoms with Gasteiger partial charge in [-0.15, -0.1) is 0 Å². The molecule has 7 heteroatoms. The van der Waals surface area contributed by atoms with Crippen LogP contribution < -0.4 is 19.7 Å². The molecular formula is C20H18N2O5. The molecule has 4 amide bonds. The third kappa shape index (κ3) is 3.27. The van der Waals surface area contributed by atoms with Crippen molar-refractivity contribution >= 4 is 29.6 Å². The molecule has 0 saturated carbocycles. The van der Waals surface area contributed by atoms with Crippen LogP contribution in [0.25, 0.3) is 6.08 Å². The number of rotatable bonds is 4. The van der Waals surface area contributed by atoms with E-state index in [1.54, 1.807) is 49.4 Å². The topological polar surface area (TPSA) is 84.9 Å². The minimum absolute atomic E-state index is 0.176. The number of aryl methyl sites for hydroxylation is 1. The van der Waals surface area contributed by atoms with Gasteiger partial charge in [0.05, 0.1) is 19.9 Å². The monoisotopic (exact) mass is 366 g/mol. The Morgan fingerprint density at radius 3 is 2.37 bits per heavy atom. The third-order valence-corrected chi connectivity index (χ3v) is 4.19. The van der Waals surface area contributed by atoms with E-state index in [1.165, 1.54) is 20.3 Å². The summed E-state index contributed by atoms with van der Waals surface area (Å²) in [4.78, 5) is 38.5. The van der Waals surface area contributed by atoms with E-state index in [-0.39, 0.29) is 5.57 Å². The average molecular weight is 366 g/mol. The molecule has 0 spiro atoms. The lowest BCUT2D eigenvalue weighted by atomic mass is 10.0. The summed E-state index contributed by atoms with van der Waals surface area (Å²) in [5, 5.41) is 2.21. The number of nitrogens with zero attached hydrogens (tertiary/aromatic N) is 1. The predicted octanol–water partition coefficient (Wildman–Crippen LogP) is 2.68. The molecule has 3 rings (SSSR count). The molecule has 2 aromatic carbocycles. The second kappa shape index (κ2) is 7.33. The van der Waals surface area contributed by atoms with Gasteiger partial charge in [0.25, 0.3) is 11.8 Å². The van der Waals surface area contributed by atoms with Gasteiger partial charge in [0.1, 0.15) is 5.57 Å². The van der Waals surface area contributed by atoms with Crippen molar-refractivity contribution in [3.05, 3.63) is 59.2 Å². The summed E-state index contributed by atoms with van der Waals surface area (Å²) in [5.41, 5.74) is 1.45. The lowest BCUT2D eigenvalue weighted by Crippen LogP contribution is -2.54. The number of amides is 4. The first-order chi connectivity index (χ1) is 13.0. The maximum absolute atomic E-state index is 13.0. The first-order valence-corrected chi connectivity index (χ1v) is 8.16.